The van der Waals surface area contributed by atoms with Gasteiger partial charge in [-0.3, -0.25) is 4.79 Å². The molecular formula is C16H24Cl2N2O3. The Bertz CT molecular complexity index is 502. The summed E-state index contributed by atoms with van der Waals surface area (Å²) in [7, 11) is 1.66. The lowest BCUT2D eigenvalue weighted by Crippen LogP contribution is -2.46. The van der Waals surface area contributed by atoms with Crippen LogP contribution < -0.4 is 15.8 Å². The van der Waals surface area contributed by atoms with E-state index in [4.69, 9.17) is 26.8 Å². The van der Waals surface area contributed by atoms with E-state index in [0.717, 1.165) is 12.8 Å². The number of benzene rings is 1. The summed E-state index contributed by atoms with van der Waals surface area (Å²) in [4.78, 5) is 12.1. The average molecular weight is 363 g/mol. The summed E-state index contributed by atoms with van der Waals surface area (Å²) in [6, 6.07) is 7.20. The van der Waals surface area contributed by atoms with Gasteiger partial charge in [0.2, 0.25) is 5.91 Å². The second kappa shape index (κ2) is 9.98. The summed E-state index contributed by atoms with van der Waals surface area (Å²) in [6.07, 6.45) is 2.36. The van der Waals surface area contributed by atoms with Gasteiger partial charge >= 0.3 is 0 Å². The molecule has 0 bridgehead atoms. The van der Waals surface area contributed by atoms with Crippen molar-refractivity contribution in [3.8, 4) is 5.75 Å². The summed E-state index contributed by atoms with van der Waals surface area (Å²) in [5.41, 5.74) is 6.02. The highest BCUT2D eigenvalue weighted by Crippen LogP contribution is 2.25. The van der Waals surface area contributed by atoms with E-state index < -0.39 is 0 Å². The molecule has 7 heteroatoms. The zero-order valence-electron chi connectivity index (χ0n) is 13.2. The Labute approximate surface area is 148 Å². The van der Waals surface area contributed by atoms with Crippen LogP contribution in [0.15, 0.2) is 24.3 Å². The number of methoxy groups -OCH3 is 1. The molecule has 0 aliphatic heterocycles. The molecule has 1 aromatic rings. The van der Waals surface area contributed by atoms with Crippen molar-refractivity contribution in [2.45, 2.75) is 31.4 Å². The van der Waals surface area contributed by atoms with Gasteiger partial charge in [-0.05, 0) is 31.4 Å². The number of para-hydroxylation sites is 1. The maximum absolute atomic E-state index is 12.1. The van der Waals surface area contributed by atoms with Gasteiger partial charge in [0.1, 0.15) is 12.4 Å². The molecule has 5 nitrogen and oxygen atoms in total. The molecule has 1 aromatic carbocycles. The van der Waals surface area contributed by atoms with E-state index in [1.54, 1.807) is 19.2 Å². The largest absolute Gasteiger partial charge is 0.490 e. The van der Waals surface area contributed by atoms with E-state index in [2.05, 4.69) is 5.32 Å². The Kier molecular flexibility index (Phi) is 8.69. The van der Waals surface area contributed by atoms with E-state index in [1.807, 2.05) is 12.1 Å². The summed E-state index contributed by atoms with van der Waals surface area (Å²) in [5.74, 6) is 0.621. The van der Waals surface area contributed by atoms with Crippen molar-refractivity contribution in [3.05, 3.63) is 29.3 Å². The lowest BCUT2D eigenvalue weighted by Gasteiger charge is -2.32. The van der Waals surface area contributed by atoms with Gasteiger partial charge in [0.15, 0.2) is 0 Å². The normalized spacial score (nSPS) is 23.7. The summed E-state index contributed by atoms with van der Waals surface area (Å²) >= 11 is 5.99. The maximum atomic E-state index is 12.1. The van der Waals surface area contributed by atoms with Gasteiger partial charge in [-0.25, -0.2) is 0 Å². The van der Waals surface area contributed by atoms with Crippen LogP contribution in [0.3, 0.4) is 0 Å². The highest BCUT2D eigenvalue weighted by Gasteiger charge is 2.31. The second-order valence-electron chi connectivity index (χ2n) is 5.52. The zero-order valence-corrected chi connectivity index (χ0v) is 14.7. The molecule has 1 amide bonds. The van der Waals surface area contributed by atoms with E-state index in [1.165, 1.54) is 0 Å². The number of hydrogen-bond acceptors (Lipinski definition) is 4. The molecule has 1 fully saturated rings. The fourth-order valence-electron chi connectivity index (χ4n) is 2.75. The Morgan fingerprint density at radius 2 is 2.13 bits per heavy atom. The van der Waals surface area contributed by atoms with E-state index >= 15 is 0 Å². The predicted molar refractivity (Wildman–Crippen MR) is 93.3 cm³/mol. The SMILES string of the molecule is CO[C@@H]1CC[C@H](C(=O)NCCOc2ccccc2Cl)C[C@H]1N.Cl. The Morgan fingerprint density at radius 1 is 1.39 bits per heavy atom. The van der Waals surface area contributed by atoms with Crippen LogP contribution in [0.5, 0.6) is 5.75 Å². The number of carbonyl (C=O) groups excluding carboxylic acids is 1. The van der Waals surface area contributed by atoms with Crippen molar-refractivity contribution in [1.82, 2.24) is 5.32 Å². The third kappa shape index (κ3) is 5.84. The van der Waals surface area contributed by atoms with Crippen LogP contribution in [0.4, 0.5) is 0 Å². The van der Waals surface area contributed by atoms with Crippen molar-refractivity contribution in [3.63, 3.8) is 0 Å². The molecule has 0 heterocycles. The molecule has 0 unspecified atom stereocenters. The van der Waals surface area contributed by atoms with Crippen molar-refractivity contribution >= 4 is 29.9 Å². The molecule has 3 atom stereocenters. The number of rotatable bonds is 6. The van der Waals surface area contributed by atoms with Gasteiger partial charge < -0.3 is 20.5 Å². The van der Waals surface area contributed by atoms with Crippen molar-refractivity contribution in [2.24, 2.45) is 11.7 Å². The van der Waals surface area contributed by atoms with Crippen LogP contribution in [0.25, 0.3) is 0 Å². The minimum atomic E-state index is -0.0751. The fourth-order valence-corrected chi connectivity index (χ4v) is 2.94. The zero-order chi connectivity index (χ0) is 15.9. The Morgan fingerprint density at radius 3 is 2.78 bits per heavy atom. The summed E-state index contributed by atoms with van der Waals surface area (Å²) in [6.45, 7) is 0.832. The van der Waals surface area contributed by atoms with Crippen LogP contribution >= 0.6 is 24.0 Å². The van der Waals surface area contributed by atoms with Gasteiger partial charge in [-0.1, -0.05) is 23.7 Å². The lowest BCUT2D eigenvalue weighted by atomic mass is 9.83. The fraction of sp³-hybridized carbons (Fsp3) is 0.562. The smallest absolute Gasteiger partial charge is 0.223 e. The predicted octanol–water partition coefficient (Wildman–Crippen LogP) is 2.40. The topological polar surface area (TPSA) is 73.6 Å². The first-order valence-corrected chi connectivity index (χ1v) is 7.93. The van der Waals surface area contributed by atoms with Crippen LogP contribution in [0, 0.1) is 5.92 Å². The molecule has 1 aliphatic carbocycles. The Hall–Kier alpha value is -1.01. The lowest BCUT2D eigenvalue weighted by molar-refractivity contribution is -0.127. The monoisotopic (exact) mass is 362 g/mol. The number of amides is 1. The molecule has 23 heavy (non-hydrogen) atoms. The molecule has 1 saturated carbocycles. The molecule has 0 saturated heterocycles. The standard InChI is InChI=1S/C16H23ClN2O3.ClH/c1-21-15-7-6-11(10-13(15)18)16(20)19-8-9-22-14-5-3-2-4-12(14)17;/h2-5,11,13,15H,6-10,18H2,1H3,(H,19,20);1H/t11-,13+,15+;/m0./s1. The maximum Gasteiger partial charge on any atom is 0.223 e. The quantitative estimate of drug-likeness (QED) is 0.762. The third-order valence-corrected chi connectivity index (χ3v) is 4.32. The highest BCUT2D eigenvalue weighted by atomic mass is 35.5. The third-order valence-electron chi connectivity index (χ3n) is 4.00. The van der Waals surface area contributed by atoms with E-state index in [9.17, 15) is 4.79 Å². The summed E-state index contributed by atoms with van der Waals surface area (Å²) in [5, 5.41) is 3.46. The number of ether oxygens (including phenoxy) is 2. The first-order chi connectivity index (χ1) is 10.6. The molecule has 0 aromatic heterocycles. The number of nitrogens with two attached hydrogens (primary N) is 1. The minimum Gasteiger partial charge on any atom is -0.490 e. The molecule has 0 spiro atoms. The van der Waals surface area contributed by atoms with Crippen LogP contribution in [-0.4, -0.2) is 38.3 Å². The molecule has 2 rings (SSSR count). The summed E-state index contributed by atoms with van der Waals surface area (Å²) < 4.78 is 10.8. The number of nitrogens with one attached hydrogen (secondary N) is 1. The van der Waals surface area contributed by atoms with Gasteiger partial charge in [-0.2, -0.15) is 0 Å². The first kappa shape index (κ1) is 20.0. The molecule has 1 aliphatic rings. The van der Waals surface area contributed by atoms with Crippen molar-refractivity contribution in [1.29, 1.82) is 0 Å². The molecule has 0 radical (unpaired) electrons. The number of carbonyl (C=O) groups is 1. The number of halogens is 2. The van der Waals surface area contributed by atoms with Crippen LogP contribution in [-0.2, 0) is 9.53 Å². The van der Waals surface area contributed by atoms with E-state index in [0.29, 0.717) is 30.3 Å². The van der Waals surface area contributed by atoms with Crippen LogP contribution in [0.1, 0.15) is 19.3 Å². The number of hydrogen-bond donors (Lipinski definition) is 2. The van der Waals surface area contributed by atoms with Gasteiger partial charge in [0.25, 0.3) is 0 Å². The second-order valence-corrected chi connectivity index (χ2v) is 5.93. The van der Waals surface area contributed by atoms with Crippen molar-refractivity contribution in [2.75, 3.05) is 20.3 Å². The molecular weight excluding hydrogens is 339 g/mol. The van der Waals surface area contributed by atoms with Gasteiger partial charge in [0.05, 0.1) is 17.7 Å². The van der Waals surface area contributed by atoms with Gasteiger partial charge in [0, 0.05) is 19.1 Å². The minimum absolute atomic E-state index is 0. The molecule has 130 valence electrons. The van der Waals surface area contributed by atoms with E-state index in [-0.39, 0.29) is 36.4 Å². The molecule has 3 N–H and O–H groups in total. The average Bonchev–Trinajstić information content (AvgIpc) is 2.52. The van der Waals surface area contributed by atoms with Crippen molar-refractivity contribution < 1.29 is 14.3 Å². The highest BCUT2D eigenvalue weighted by molar-refractivity contribution is 6.32. The van der Waals surface area contributed by atoms with Crippen LogP contribution in [0.2, 0.25) is 5.02 Å². The first-order valence-electron chi connectivity index (χ1n) is 7.55. The Balaban J connectivity index is 0.00000264. The van der Waals surface area contributed by atoms with Gasteiger partial charge in [-0.15, -0.1) is 12.4 Å².